The molecule has 5 heteroatoms. The summed E-state index contributed by atoms with van der Waals surface area (Å²) in [6, 6.07) is 23.2. The first-order valence-electron chi connectivity index (χ1n) is 7.16. The third-order valence-electron chi connectivity index (χ3n) is 3.09. The van der Waals surface area contributed by atoms with Crippen molar-refractivity contribution in [3.8, 4) is 0 Å². The molecule has 0 amide bonds. The molecular formula is C19H16N2O3. The molecule has 0 fully saturated rings. The lowest BCUT2D eigenvalue weighted by molar-refractivity contribution is 0.137. The van der Waals surface area contributed by atoms with E-state index in [1.807, 2.05) is 0 Å². The molecule has 24 heavy (non-hydrogen) atoms. The number of carbonyl (C=O) groups is 1. The highest BCUT2D eigenvalue weighted by atomic mass is 16.6. The Morgan fingerprint density at radius 3 is 1.21 bits per heavy atom. The zero-order chi connectivity index (χ0) is 17.2. The lowest BCUT2D eigenvalue weighted by atomic mass is 10.0. The molecule has 4 rings (SSSR count). The van der Waals surface area contributed by atoms with Crippen molar-refractivity contribution in [3.63, 3.8) is 0 Å². The van der Waals surface area contributed by atoms with Crippen molar-refractivity contribution in [2.75, 3.05) is 0 Å². The Morgan fingerprint density at radius 1 is 0.667 bits per heavy atom. The van der Waals surface area contributed by atoms with Crippen molar-refractivity contribution in [3.05, 3.63) is 85.5 Å². The molecular weight excluding hydrogens is 304 g/mol. The van der Waals surface area contributed by atoms with Gasteiger partial charge >= 0.3 is 6.16 Å². The molecule has 120 valence electrons. The van der Waals surface area contributed by atoms with Gasteiger partial charge in [-0.3, -0.25) is 0 Å². The number of rotatable bonds is 0. The van der Waals surface area contributed by atoms with Crippen molar-refractivity contribution in [1.29, 1.82) is 0 Å². The van der Waals surface area contributed by atoms with Crippen molar-refractivity contribution in [2.45, 2.75) is 0 Å². The van der Waals surface area contributed by atoms with E-state index in [1.165, 1.54) is 27.9 Å². The van der Waals surface area contributed by atoms with Crippen molar-refractivity contribution in [2.24, 2.45) is 0 Å². The number of aromatic nitrogens is 2. The fourth-order valence-corrected chi connectivity index (χ4v) is 2.14. The van der Waals surface area contributed by atoms with E-state index in [1.54, 1.807) is 18.5 Å². The molecule has 3 aromatic carbocycles. The van der Waals surface area contributed by atoms with Crippen LogP contribution < -0.4 is 0 Å². The summed E-state index contributed by atoms with van der Waals surface area (Å²) < 4.78 is 0. The minimum absolute atomic E-state index is 1.31. The van der Waals surface area contributed by atoms with Crippen LogP contribution in [0.4, 0.5) is 4.79 Å². The Hall–Kier alpha value is -3.47. The van der Waals surface area contributed by atoms with Gasteiger partial charge in [-0.15, -0.1) is 0 Å². The Morgan fingerprint density at radius 2 is 1.00 bits per heavy atom. The van der Waals surface area contributed by atoms with Crippen LogP contribution in [0.25, 0.3) is 21.5 Å². The first-order valence-corrected chi connectivity index (χ1v) is 7.16. The lowest BCUT2D eigenvalue weighted by Crippen LogP contribution is -1.81. The van der Waals surface area contributed by atoms with Gasteiger partial charge in [0.2, 0.25) is 0 Å². The SMILES string of the molecule is O=C(O)O.c1ccc2cc3ccccc3cc2c1.c1cncnc1. The normalized spacial score (nSPS) is 9.33. The molecule has 1 heterocycles. The molecule has 4 aromatic rings. The lowest BCUT2D eigenvalue weighted by Gasteiger charge is -2.00. The predicted molar refractivity (Wildman–Crippen MR) is 94.1 cm³/mol. The van der Waals surface area contributed by atoms with Crippen LogP contribution in [-0.4, -0.2) is 26.3 Å². The van der Waals surface area contributed by atoms with E-state index in [9.17, 15) is 0 Å². The summed E-state index contributed by atoms with van der Waals surface area (Å²) in [4.78, 5) is 15.9. The average Bonchev–Trinajstić information content (AvgIpc) is 2.61. The first kappa shape index (κ1) is 16.9. The molecule has 0 bridgehead atoms. The highest BCUT2D eigenvalue weighted by molar-refractivity contribution is 5.98. The maximum Gasteiger partial charge on any atom is 0.503 e. The van der Waals surface area contributed by atoms with E-state index in [0.29, 0.717) is 0 Å². The fraction of sp³-hybridized carbons (Fsp3) is 0. The molecule has 0 saturated carbocycles. The van der Waals surface area contributed by atoms with E-state index in [0.717, 1.165) is 0 Å². The van der Waals surface area contributed by atoms with Crippen LogP contribution in [0.5, 0.6) is 0 Å². The summed E-state index contributed by atoms with van der Waals surface area (Å²) in [6.45, 7) is 0. The Bertz CT molecular complexity index is 776. The standard InChI is InChI=1S/C14H10.C4H4N2.CH2O3/c1-2-6-12-10-14-8-4-3-7-13(14)9-11(12)5-1;1-2-5-4-6-3-1;2-1(3)4/h1-10H;1-4H;(H2,2,3,4). The van der Waals surface area contributed by atoms with Crippen molar-refractivity contribution in [1.82, 2.24) is 9.97 Å². The Balaban J connectivity index is 0.000000174. The van der Waals surface area contributed by atoms with Gasteiger partial charge in [0.05, 0.1) is 0 Å². The van der Waals surface area contributed by atoms with E-state index in [4.69, 9.17) is 15.0 Å². The van der Waals surface area contributed by atoms with Crippen LogP contribution in [0.1, 0.15) is 0 Å². The summed E-state index contributed by atoms with van der Waals surface area (Å²) >= 11 is 0. The third kappa shape index (κ3) is 5.38. The molecule has 5 nitrogen and oxygen atoms in total. The van der Waals surface area contributed by atoms with Gasteiger partial charge in [0, 0.05) is 12.4 Å². The molecule has 0 aliphatic carbocycles. The summed E-state index contributed by atoms with van der Waals surface area (Å²) in [5.74, 6) is 0. The maximum absolute atomic E-state index is 8.56. The monoisotopic (exact) mass is 320 g/mol. The summed E-state index contributed by atoms with van der Waals surface area (Å²) in [5, 5.41) is 19.2. The molecule has 0 atom stereocenters. The van der Waals surface area contributed by atoms with E-state index in [-0.39, 0.29) is 0 Å². The van der Waals surface area contributed by atoms with Gasteiger partial charge in [0.25, 0.3) is 0 Å². The number of carboxylic acid groups (broad SMARTS) is 2. The second-order valence-electron chi connectivity index (χ2n) is 4.73. The number of hydrogen-bond acceptors (Lipinski definition) is 3. The Kier molecular flexibility index (Phi) is 6.23. The van der Waals surface area contributed by atoms with Crippen LogP contribution in [0.15, 0.2) is 85.5 Å². The topological polar surface area (TPSA) is 83.3 Å². The minimum Gasteiger partial charge on any atom is -0.450 e. The number of nitrogens with zero attached hydrogens (tertiary/aromatic N) is 2. The quantitative estimate of drug-likeness (QED) is 0.459. The maximum atomic E-state index is 8.56. The summed E-state index contributed by atoms with van der Waals surface area (Å²) in [5.41, 5.74) is 0. The molecule has 0 aliphatic heterocycles. The molecule has 0 saturated heterocycles. The van der Waals surface area contributed by atoms with Crippen LogP contribution >= 0.6 is 0 Å². The van der Waals surface area contributed by atoms with Crippen molar-refractivity contribution < 1.29 is 15.0 Å². The van der Waals surface area contributed by atoms with Gasteiger partial charge in [0.1, 0.15) is 6.33 Å². The van der Waals surface area contributed by atoms with E-state index < -0.39 is 6.16 Å². The van der Waals surface area contributed by atoms with Crippen LogP contribution in [0, 0.1) is 0 Å². The zero-order valence-corrected chi connectivity index (χ0v) is 12.8. The number of benzene rings is 3. The second-order valence-corrected chi connectivity index (χ2v) is 4.73. The highest BCUT2D eigenvalue weighted by Gasteiger charge is 1.95. The van der Waals surface area contributed by atoms with E-state index in [2.05, 4.69) is 70.6 Å². The van der Waals surface area contributed by atoms with Gasteiger partial charge < -0.3 is 10.2 Å². The summed E-state index contributed by atoms with van der Waals surface area (Å²) in [7, 11) is 0. The van der Waals surface area contributed by atoms with Crippen LogP contribution in [-0.2, 0) is 0 Å². The average molecular weight is 320 g/mol. The van der Waals surface area contributed by atoms with Gasteiger partial charge in [-0.2, -0.15) is 0 Å². The van der Waals surface area contributed by atoms with Gasteiger partial charge in [-0.05, 0) is 39.7 Å². The number of hydrogen-bond donors (Lipinski definition) is 2. The van der Waals surface area contributed by atoms with Gasteiger partial charge in [-0.1, -0.05) is 48.5 Å². The van der Waals surface area contributed by atoms with E-state index >= 15 is 0 Å². The fourth-order valence-electron chi connectivity index (χ4n) is 2.14. The predicted octanol–water partition coefficient (Wildman–Crippen LogP) is 4.69. The number of fused-ring (bicyclic) bond motifs is 2. The van der Waals surface area contributed by atoms with Crippen molar-refractivity contribution >= 4 is 27.7 Å². The van der Waals surface area contributed by atoms with Crippen LogP contribution in [0.3, 0.4) is 0 Å². The van der Waals surface area contributed by atoms with Crippen LogP contribution in [0.2, 0.25) is 0 Å². The molecule has 0 aliphatic rings. The van der Waals surface area contributed by atoms with Gasteiger partial charge in [0.15, 0.2) is 0 Å². The Labute approximate surface area is 138 Å². The van der Waals surface area contributed by atoms with Gasteiger partial charge in [-0.25, -0.2) is 14.8 Å². The second kappa shape index (κ2) is 8.85. The largest absolute Gasteiger partial charge is 0.503 e. The third-order valence-corrected chi connectivity index (χ3v) is 3.09. The molecule has 1 aromatic heterocycles. The summed E-state index contributed by atoms with van der Waals surface area (Å²) in [6.07, 6.45) is 3.04. The molecule has 2 N–H and O–H groups in total. The molecule has 0 unspecified atom stereocenters. The first-order chi connectivity index (χ1) is 11.7. The zero-order valence-electron chi connectivity index (χ0n) is 12.8. The molecule has 0 spiro atoms. The molecule has 0 radical (unpaired) electrons. The smallest absolute Gasteiger partial charge is 0.450 e. The highest BCUT2D eigenvalue weighted by Crippen LogP contribution is 2.21. The minimum atomic E-state index is -1.83.